The Morgan fingerprint density at radius 1 is 1.47 bits per heavy atom. The van der Waals surface area contributed by atoms with Gasteiger partial charge in [0.15, 0.2) is 0 Å². The van der Waals surface area contributed by atoms with E-state index in [0.717, 1.165) is 6.42 Å². The maximum Gasteiger partial charge on any atom is 0.0409 e. The van der Waals surface area contributed by atoms with Crippen LogP contribution in [0.5, 0.6) is 0 Å². The van der Waals surface area contributed by atoms with Gasteiger partial charge < -0.3 is 0 Å². The molecular weight excluding hydrogens is 297 g/mol. The summed E-state index contributed by atoms with van der Waals surface area (Å²) in [6.45, 7) is 2.24. The Labute approximate surface area is 106 Å². The first-order valence-corrected chi connectivity index (χ1v) is 6.78. The molecule has 82 valence electrons. The lowest BCUT2D eigenvalue weighted by Crippen LogP contribution is -2.02. The van der Waals surface area contributed by atoms with Gasteiger partial charge in [-0.3, -0.25) is 4.98 Å². The Hall–Kier alpha value is -0.380. The molecule has 0 saturated carbocycles. The van der Waals surface area contributed by atoms with E-state index >= 15 is 0 Å². The van der Waals surface area contributed by atoms with E-state index in [9.17, 15) is 0 Å². The minimum atomic E-state index is 0.650. The molecule has 0 saturated heterocycles. The van der Waals surface area contributed by atoms with E-state index in [1.165, 1.54) is 25.0 Å². The van der Waals surface area contributed by atoms with Gasteiger partial charge in [0, 0.05) is 11.9 Å². The van der Waals surface area contributed by atoms with Gasteiger partial charge in [-0.15, -0.1) is 0 Å². The highest BCUT2D eigenvalue weighted by atomic mass is 127. The van der Waals surface area contributed by atoms with Crippen LogP contribution in [0.1, 0.15) is 31.9 Å². The molecule has 1 rings (SSSR count). The first kappa shape index (κ1) is 12.7. The highest BCUT2D eigenvalue weighted by molar-refractivity contribution is 14.1. The van der Waals surface area contributed by atoms with Crippen LogP contribution in [0.4, 0.5) is 0 Å². The number of nitrogens with zero attached hydrogens (tertiary/aromatic N) is 1. The summed E-state index contributed by atoms with van der Waals surface area (Å²) < 4.78 is 2.13. The van der Waals surface area contributed by atoms with E-state index in [4.69, 9.17) is 0 Å². The summed E-state index contributed by atoms with van der Waals surface area (Å²) >= 11 is 2.30. The third-order valence-electron chi connectivity index (χ3n) is 2.47. The third kappa shape index (κ3) is 5.30. The zero-order chi connectivity index (χ0) is 10.9. The highest BCUT2D eigenvalue weighted by Gasteiger charge is 2.05. The second-order valence-electron chi connectivity index (χ2n) is 3.75. The maximum absolute atomic E-state index is 4.37. The molecule has 1 aromatic rings. The number of rotatable bonds is 6. The molecule has 1 atom stereocenters. The summed E-state index contributed by atoms with van der Waals surface area (Å²) in [4.78, 5) is 4.37. The minimum absolute atomic E-state index is 0.650. The van der Waals surface area contributed by atoms with E-state index in [2.05, 4.69) is 56.8 Å². The highest BCUT2D eigenvalue weighted by Crippen LogP contribution is 2.16. The molecular formula is C13H18IN. The summed E-state index contributed by atoms with van der Waals surface area (Å²) in [5, 5.41) is 0. The van der Waals surface area contributed by atoms with Crippen molar-refractivity contribution in [1.29, 1.82) is 0 Å². The van der Waals surface area contributed by atoms with Crippen LogP contribution in [-0.2, 0) is 6.42 Å². The van der Waals surface area contributed by atoms with Crippen LogP contribution >= 0.6 is 22.6 Å². The molecule has 0 aliphatic rings. The van der Waals surface area contributed by atoms with E-state index in [0.29, 0.717) is 5.92 Å². The lowest BCUT2D eigenvalue weighted by molar-refractivity contribution is 0.547. The molecule has 2 heteroatoms. The molecule has 0 aliphatic heterocycles. The van der Waals surface area contributed by atoms with Gasteiger partial charge in [0.05, 0.1) is 0 Å². The summed E-state index contributed by atoms with van der Waals surface area (Å²) in [5.74, 6) is 0.650. The summed E-state index contributed by atoms with van der Waals surface area (Å²) in [7, 11) is 0. The van der Waals surface area contributed by atoms with Crippen molar-refractivity contribution in [3.63, 3.8) is 0 Å². The molecule has 1 heterocycles. The summed E-state index contributed by atoms with van der Waals surface area (Å²) in [6.07, 6.45) is 9.09. The lowest BCUT2D eigenvalue weighted by atomic mass is 9.97. The van der Waals surface area contributed by atoms with Gasteiger partial charge in [-0.05, 0) is 35.0 Å². The average molecular weight is 315 g/mol. The van der Waals surface area contributed by atoms with Gasteiger partial charge >= 0.3 is 0 Å². The van der Waals surface area contributed by atoms with Crippen molar-refractivity contribution in [3.05, 3.63) is 40.2 Å². The fourth-order valence-corrected chi connectivity index (χ4v) is 2.21. The van der Waals surface area contributed by atoms with Crippen LogP contribution < -0.4 is 0 Å². The van der Waals surface area contributed by atoms with Crippen molar-refractivity contribution < 1.29 is 0 Å². The average Bonchev–Trinajstić information content (AvgIpc) is 2.28. The molecule has 15 heavy (non-hydrogen) atoms. The number of pyridine rings is 1. The number of unbranched alkanes of at least 4 members (excludes halogenated alkanes) is 1. The van der Waals surface area contributed by atoms with Gasteiger partial charge in [0.2, 0.25) is 0 Å². The van der Waals surface area contributed by atoms with E-state index < -0.39 is 0 Å². The Kier molecular flexibility index (Phi) is 6.64. The number of allylic oxidation sites excluding steroid dienone is 1. The van der Waals surface area contributed by atoms with Gasteiger partial charge in [-0.1, -0.05) is 54.5 Å². The van der Waals surface area contributed by atoms with Gasteiger partial charge in [0.1, 0.15) is 0 Å². The smallest absolute Gasteiger partial charge is 0.0409 e. The lowest BCUT2D eigenvalue weighted by Gasteiger charge is -2.11. The monoisotopic (exact) mass is 315 g/mol. The summed E-state index contributed by atoms with van der Waals surface area (Å²) in [6, 6.07) is 6.14. The quantitative estimate of drug-likeness (QED) is 0.710. The van der Waals surface area contributed by atoms with E-state index in [1.807, 2.05) is 12.3 Å². The van der Waals surface area contributed by atoms with Crippen molar-refractivity contribution in [2.45, 2.75) is 32.6 Å². The molecule has 0 radical (unpaired) electrons. The molecule has 0 spiro atoms. The van der Waals surface area contributed by atoms with Crippen LogP contribution in [0.3, 0.4) is 0 Å². The Bertz CT molecular complexity index is 282. The van der Waals surface area contributed by atoms with Crippen molar-refractivity contribution >= 4 is 22.6 Å². The van der Waals surface area contributed by atoms with E-state index in [-0.39, 0.29) is 0 Å². The van der Waals surface area contributed by atoms with Crippen molar-refractivity contribution in [1.82, 2.24) is 4.98 Å². The van der Waals surface area contributed by atoms with Crippen molar-refractivity contribution in [3.8, 4) is 0 Å². The summed E-state index contributed by atoms with van der Waals surface area (Å²) in [5.41, 5.74) is 1.20. The van der Waals surface area contributed by atoms with Crippen LogP contribution in [0, 0.1) is 5.92 Å². The predicted molar refractivity (Wildman–Crippen MR) is 74.1 cm³/mol. The molecule has 0 bridgehead atoms. The van der Waals surface area contributed by atoms with Crippen LogP contribution in [-0.4, -0.2) is 4.98 Å². The number of hydrogen-bond donors (Lipinski definition) is 0. The number of halogens is 1. The second kappa shape index (κ2) is 7.85. The van der Waals surface area contributed by atoms with Crippen molar-refractivity contribution in [2.75, 3.05) is 0 Å². The van der Waals surface area contributed by atoms with Crippen LogP contribution in [0.2, 0.25) is 0 Å². The number of hydrogen-bond acceptors (Lipinski definition) is 1. The Morgan fingerprint density at radius 2 is 2.33 bits per heavy atom. The normalized spacial score (nSPS) is 13.2. The molecule has 1 unspecified atom stereocenters. The topological polar surface area (TPSA) is 12.9 Å². The zero-order valence-corrected chi connectivity index (χ0v) is 11.4. The molecule has 1 nitrogen and oxygen atoms in total. The fraction of sp³-hybridized carbons (Fsp3) is 0.462. The first-order chi connectivity index (χ1) is 7.36. The molecule has 1 aromatic heterocycles. The van der Waals surface area contributed by atoms with Crippen LogP contribution in [0.15, 0.2) is 34.6 Å². The van der Waals surface area contributed by atoms with Gasteiger partial charge in [0.25, 0.3) is 0 Å². The minimum Gasteiger partial charge on any atom is -0.261 e. The van der Waals surface area contributed by atoms with Gasteiger partial charge in [-0.25, -0.2) is 0 Å². The molecule has 0 fully saturated rings. The van der Waals surface area contributed by atoms with E-state index in [1.54, 1.807) is 0 Å². The second-order valence-corrected chi connectivity index (χ2v) is 4.47. The standard InChI is InChI=1S/C13H18IN/c1-2-3-6-12(8-9-14)11-13-7-4-5-10-15-13/h4-5,7-10,12H,2-3,6,11H2,1H3. The molecule has 0 N–H and O–H groups in total. The number of aromatic nitrogens is 1. The fourth-order valence-electron chi connectivity index (χ4n) is 1.62. The first-order valence-electron chi connectivity index (χ1n) is 5.53. The Balaban J connectivity index is 2.50. The molecule has 0 amide bonds. The maximum atomic E-state index is 4.37. The SMILES string of the molecule is CCCCC(C=CI)Cc1ccccn1. The largest absolute Gasteiger partial charge is 0.261 e. The molecule has 0 aliphatic carbocycles. The van der Waals surface area contributed by atoms with Gasteiger partial charge in [-0.2, -0.15) is 0 Å². The zero-order valence-electron chi connectivity index (χ0n) is 9.20. The van der Waals surface area contributed by atoms with Crippen LogP contribution in [0.25, 0.3) is 0 Å². The predicted octanol–water partition coefficient (Wildman–Crippen LogP) is 4.38. The Morgan fingerprint density at radius 3 is 2.93 bits per heavy atom. The molecule has 0 aromatic carbocycles. The van der Waals surface area contributed by atoms with Crippen molar-refractivity contribution in [2.24, 2.45) is 5.92 Å². The third-order valence-corrected chi connectivity index (χ3v) is 2.89.